The van der Waals surface area contributed by atoms with Gasteiger partial charge in [0.05, 0.1) is 23.8 Å². The number of nitrogens with zero attached hydrogens (tertiary/aromatic N) is 5. The summed E-state index contributed by atoms with van der Waals surface area (Å²) < 4.78 is 11.8. The summed E-state index contributed by atoms with van der Waals surface area (Å²) in [6.45, 7) is 5.62. The van der Waals surface area contributed by atoms with Gasteiger partial charge in [-0.1, -0.05) is 5.16 Å². The van der Waals surface area contributed by atoms with Gasteiger partial charge in [0.25, 0.3) is 0 Å². The molecule has 0 spiro atoms. The Bertz CT molecular complexity index is 1250. The van der Waals surface area contributed by atoms with Gasteiger partial charge in [-0.3, -0.25) is 0 Å². The van der Waals surface area contributed by atoms with E-state index in [1.807, 2.05) is 23.6 Å². The molecule has 5 rings (SSSR count). The van der Waals surface area contributed by atoms with E-state index in [0.29, 0.717) is 17.4 Å². The Hall–Kier alpha value is -3.24. The average Bonchev–Trinajstić information content (AvgIpc) is 3.53. The van der Waals surface area contributed by atoms with Crippen molar-refractivity contribution in [2.45, 2.75) is 32.6 Å². The first-order valence-corrected chi connectivity index (χ1v) is 11.0. The lowest BCUT2D eigenvalue weighted by Gasteiger charge is -2.23. The standard InChI is InChI=1S/C21H23N7O2S/c1-12-6-20(31-27-12)25-19-8-17(14-4-3-5-22-9-14)24-21-16(10-23-28(19)21)15-7-18(30-11-15)13(2)26-29/h6-8,10-11,14,22,25,29H,3-5,9H2,1-2H3/b26-13-. The number of oxime groups is 1. The molecule has 0 aromatic carbocycles. The summed E-state index contributed by atoms with van der Waals surface area (Å²) in [5, 5.41) is 24.7. The van der Waals surface area contributed by atoms with Crippen LogP contribution in [0.5, 0.6) is 0 Å². The molecule has 5 heterocycles. The zero-order valence-corrected chi connectivity index (χ0v) is 18.1. The summed E-state index contributed by atoms with van der Waals surface area (Å²) in [6.07, 6.45) is 5.65. The second-order valence-corrected chi connectivity index (χ2v) is 8.55. The first-order chi connectivity index (χ1) is 15.1. The first kappa shape index (κ1) is 19.7. The summed E-state index contributed by atoms with van der Waals surface area (Å²) in [7, 11) is 0. The Balaban J connectivity index is 1.62. The lowest BCUT2D eigenvalue weighted by molar-refractivity contribution is 0.317. The number of fused-ring (bicyclic) bond motifs is 1. The molecule has 1 aliphatic rings. The number of piperidine rings is 1. The Labute approximate surface area is 183 Å². The topological polar surface area (TPSA) is 113 Å². The molecule has 3 N–H and O–H groups in total. The van der Waals surface area contributed by atoms with Gasteiger partial charge >= 0.3 is 0 Å². The minimum Gasteiger partial charge on any atom is -0.462 e. The average molecular weight is 438 g/mol. The molecule has 0 saturated carbocycles. The van der Waals surface area contributed by atoms with Crippen LogP contribution in [-0.2, 0) is 0 Å². The van der Waals surface area contributed by atoms with Crippen molar-refractivity contribution in [2.75, 3.05) is 18.4 Å². The third-order valence-corrected chi connectivity index (χ3v) is 6.30. The predicted octanol–water partition coefficient (Wildman–Crippen LogP) is 4.16. The molecular formula is C21H23N7O2S. The van der Waals surface area contributed by atoms with Crippen LogP contribution in [0.1, 0.15) is 42.8 Å². The molecule has 10 heteroatoms. The lowest BCUT2D eigenvalue weighted by Crippen LogP contribution is -2.29. The maximum absolute atomic E-state index is 9.04. The summed E-state index contributed by atoms with van der Waals surface area (Å²) in [5.41, 5.74) is 4.85. The first-order valence-electron chi connectivity index (χ1n) is 10.2. The maximum Gasteiger partial charge on any atom is 0.165 e. The summed E-state index contributed by atoms with van der Waals surface area (Å²) in [6, 6.07) is 5.94. The second kappa shape index (κ2) is 8.12. The van der Waals surface area contributed by atoms with Gasteiger partial charge in [-0.25, -0.2) is 4.98 Å². The van der Waals surface area contributed by atoms with Gasteiger partial charge in [0.1, 0.15) is 16.5 Å². The molecule has 1 aliphatic heterocycles. The van der Waals surface area contributed by atoms with Crippen LogP contribution in [0.3, 0.4) is 0 Å². The van der Waals surface area contributed by atoms with E-state index in [-0.39, 0.29) is 0 Å². The van der Waals surface area contributed by atoms with Crippen LogP contribution in [0, 0.1) is 6.92 Å². The number of hydrogen-bond acceptors (Lipinski definition) is 9. The maximum atomic E-state index is 9.04. The monoisotopic (exact) mass is 437 g/mol. The minimum absolute atomic E-state index is 0.342. The van der Waals surface area contributed by atoms with Gasteiger partial charge in [0.15, 0.2) is 11.4 Å². The molecule has 4 aromatic heterocycles. The van der Waals surface area contributed by atoms with Crippen LogP contribution in [0.25, 0.3) is 16.8 Å². The fourth-order valence-electron chi connectivity index (χ4n) is 3.85. The zero-order valence-electron chi connectivity index (χ0n) is 17.3. The SMILES string of the molecule is C/C(=N/O)c1cc(-c2cnn3c(Nc4cc(C)ns4)cc(C4CCCNC4)nc23)co1. The fourth-order valence-corrected chi connectivity index (χ4v) is 4.52. The van der Waals surface area contributed by atoms with Crippen LogP contribution < -0.4 is 10.6 Å². The molecule has 9 nitrogen and oxygen atoms in total. The molecule has 160 valence electrons. The number of aromatic nitrogens is 4. The van der Waals surface area contributed by atoms with Gasteiger partial charge in [-0.15, -0.1) is 0 Å². The van der Waals surface area contributed by atoms with Crippen LogP contribution in [0.4, 0.5) is 10.8 Å². The van der Waals surface area contributed by atoms with Crippen LogP contribution >= 0.6 is 11.5 Å². The smallest absolute Gasteiger partial charge is 0.165 e. The summed E-state index contributed by atoms with van der Waals surface area (Å²) >= 11 is 1.42. The van der Waals surface area contributed by atoms with Gasteiger partial charge in [-0.05, 0) is 56.9 Å². The largest absolute Gasteiger partial charge is 0.462 e. The van der Waals surface area contributed by atoms with Crippen molar-refractivity contribution < 1.29 is 9.62 Å². The third kappa shape index (κ3) is 3.79. The Kier molecular flexibility index (Phi) is 5.16. The summed E-state index contributed by atoms with van der Waals surface area (Å²) in [5.74, 6) is 1.69. The van der Waals surface area contributed by atoms with Gasteiger partial charge in [0.2, 0.25) is 0 Å². The quantitative estimate of drug-likeness (QED) is 0.244. The molecule has 0 bridgehead atoms. The van der Waals surface area contributed by atoms with Crippen molar-refractivity contribution in [3.05, 3.63) is 47.8 Å². The van der Waals surface area contributed by atoms with E-state index in [9.17, 15) is 0 Å². The number of nitrogens with one attached hydrogen (secondary N) is 2. The normalized spacial score (nSPS) is 17.4. The fraction of sp³-hybridized carbons (Fsp3) is 0.333. The van der Waals surface area contributed by atoms with E-state index in [0.717, 1.165) is 64.9 Å². The highest BCUT2D eigenvalue weighted by Gasteiger charge is 2.21. The van der Waals surface area contributed by atoms with Gasteiger partial charge in [0, 0.05) is 29.7 Å². The van der Waals surface area contributed by atoms with E-state index in [1.165, 1.54) is 11.5 Å². The molecular weight excluding hydrogens is 414 g/mol. The van der Waals surface area contributed by atoms with E-state index in [2.05, 4.69) is 31.3 Å². The molecule has 4 aromatic rings. The number of furan rings is 1. The molecule has 1 atom stereocenters. The number of rotatable bonds is 5. The third-order valence-electron chi connectivity index (χ3n) is 5.50. The van der Waals surface area contributed by atoms with E-state index in [1.54, 1.807) is 19.4 Å². The van der Waals surface area contributed by atoms with Crippen LogP contribution in [0.15, 0.2) is 40.2 Å². The lowest BCUT2D eigenvalue weighted by atomic mass is 9.96. The van der Waals surface area contributed by atoms with Crippen molar-refractivity contribution >= 4 is 33.7 Å². The zero-order chi connectivity index (χ0) is 21.4. The molecule has 0 radical (unpaired) electrons. The van der Waals surface area contributed by atoms with Gasteiger partial charge < -0.3 is 20.3 Å². The molecule has 0 amide bonds. The van der Waals surface area contributed by atoms with Crippen LogP contribution in [-0.4, -0.2) is 43.0 Å². The number of aryl methyl sites for hydroxylation is 1. The highest BCUT2D eigenvalue weighted by molar-refractivity contribution is 7.10. The van der Waals surface area contributed by atoms with Gasteiger partial charge in [-0.2, -0.15) is 14.0 Å². The Morgan fingerprint density at radius 3 is 3.03 bits per heavy atom. The van der Waals surface area contributed by atoms with Crippen LogP contribution in [0.2, 0.25) is 0 Å². The van der Waals surface area contributed by atoms with Crippen molar-refractivity contribution in [1.29, 1.82) is 0 Å². The second-order valence-electron chi connectivity index (χ2n) is 7.75. The van der Waals surface area contributed by atoms with Crippen molar-refractivity contribution in [3.8, 4) is 11.1 Å². The molecule has 31 heavy (non-hydrogen) atoms. The van der Waals surface area contributed by atoms with E-state index in [4.69, 9.17) is 14.6 Å². The predicted molar refractivity (Wildman–Crippen MR) is 120 cm³/mol. The van der Waals surface area contributed by atoms with Crippen molar-refractivity contribution in [2.24, 2.45) is 5.16 Å². The molecule has 1 saturated heterocycles. The number of anilines is 2. The van der Waals surface area contributed by atoms with E-state index >= 15 is 0 Å². The van der Waals surface area contributed by atoms with Crippen molar-refractivity contribution in [3.63, 3.8) is 0 Å². The highest BCUT2D eigenvalue weighted by Crippen LogP contribution is 2.32. The summed E-state index contributed by atoms with van der Waals surface area (Å²) in [4.78, 5) is 5.00. The molecule has 0 aliphatic carbocycles. The highest BCUT2D eigenvalue weighted by atomic mass is 32.1. The minimum atomic E-state index is 0.342. The van der Waals surface area contributed by atoms with Crippen molar-refractivity contribution in [1.82, 2.24) is 24.3 Å². The number of hydrogen-bond donors (Lipinski definition) is 3. The Morgan fingerprint density at radius 2 is 2.29 bits per heavy atom. The molecule has 1 unspecified atom stereocenters. The molecule has 1 fully saturated rings. The van der Waals surface area contributed by atoms with E-state index < -0.39 is 0 Å². The Morgan fingerprint density at radius 1 is 1.39 bits per heavy atom.